The van der Waals surface area contributed by atoms with E-state index in [0.29, 0.717) is 37.2 Å². The highest BCUT2D eigenvalue weighted by Crippen LogP contribution is 2.45. The first kappa shape index (κ1) is 23.1. The fourth-order valence-corrected chi connectivity index (χ4v) is 5.54. The molecule has 5 nitrogen and oxygen atoms in total. The van der Waals surface area contributed by atoms with Crippen LogP contribution in [0.2, 0.25) is 0 Å². The average molecular weight is 471 g/mol. The molecule has 3 heterocycles. The lowest BCUT2D eigenvalue weighted by Crippen LogP contribution is -2.51. The second-order valence-corrected chi connectivity index (χ2v) is 10.1. The minimum Gasteiger partial charge on any atom is -0.380 e. The topological polar surface area (TPSA) is 52.4 Å². The van der Waals surface area contributed by atoms with E-state index < -0.39 is 11.7 Å². The number of likely N-dealkylation sites (tertiary alicyclic amines) is 1. The number of alkyl halides is 3. The number of aromatic nitrogens is 1. The largest absolute Gasteiger partial charge is 0.417 e. The van der Waals surface area contributed by atoms with Gasteiger partial charge in [0, 0.05) is 56.3 Å². The molecule has 0 bridgehead atoms. The van der Waals surface area contributed by atoms with Gasteiger partial charge in [-0.15, -0.1) is 0 Å². The van der Waals surface area contributed by atoms with E-state index in [9.17, 15) is 13.2 Å². The van der Waals surface area contributed by atoms with E-state index >= 15 is 0 Å². The maximum Gasteiger partial charge on any atom is 0.417 e. The van der Waals surface area contributed by atoms with Crippen molar-refractivity contribution in [2.45, 2.75) is 32.0 Å². The average Bonchev–Trinajstić information content (AvgIpc) is 3.57. The monoisotopic (exact) mass is 470 g/mol. The molecule has 0 amide bonds. The predicted octanol–water partition coefficient (Wildman–Crippen LogP) is 4.73. The molecule has 5 rings (SSSR count). The van der Waals surface area contributed by atoms with Crippen LogP contribution in [0.1, 0.15) is 36.0 Å². The first-order valence-corrected chi connectivity index (χ1v) is 11.9. The zero-order valence-electron chi connectivity index (χ0n) is 19.1. The molecule has 2 aliphatic heterocycles. The summed E-state index contributed by atoms with van der Waals surface area (Å²) >= 11 is 0. The molecule has 1 aliphatic carbocycles. The van der Waals surface area contributed by atoms with Crippen LogP contribution in [0.25, 0.3) is 0 Å². The highest BCUT2D eigenvalue weighted by molar-refractivity contribution is 5.56. The van der Waals surface area contributed by atoms with Crippen molar-refractivity contribution in [2.75, 3.05) is 44.3 Å². The van der Waals surface area contributed by atoms with Gasteiger partial charge in [0.1, 0.15) is 0 Å². The molecule has 0 radical (unpaired) electrons. The van der Waals surface area contributed by atoms with Crippen LogP contribution >= 0.6 is 0 Å². The van der Waals surface area contributed by atoms with E-state index in [1.54, 1.807) is 18.3 Å². The normalized spacial score (nSPS) is 25.2. The Morgan fingerprint density at radius 2 is 2.03 bits per heavy atom. The number of ether oxygens (including phenoxy) is 1. The second-order valence-electron chi connectivity index (χ2n) is 10.1. The lowest BCUT2D eigenvalue weighted by molar-refractivity contribution is -0.137. The summed E-state index contributed by atoms with van der Waals surface area (Å²) in [6, 6.07) is 9.78. The standard InChI is InChI=1S/C26H29F3N4O/c27-26(28,29)24-10-23(6-5-21(24)11-30)33-14-22-7-9-32(13-20-2-1-8-31-12-20)16-25(22,17-33)18-34-15-19-3-4-19/h1-2,5-6,8,10,12,19,22H,3-4,7,9,13-18H2/t22-,25+/m0/s1. The molecule has 1 aromatic heterocycles. The van der Waals surface area contributed by atoms with Gasteiger partial charge in [0.2, 0.25) is 0 Å². The van der Waals surface area contributed by atoms with Crippen LogP contribution in [0.4, 0.5) is 18.9 Å². The highest BCUT2D eigenvalue weighted by Gasteiger charge is 2.50. The van der Waals surface area contributed by atoms with Crippen molar-refractivity contribution in [3.8, 4) is 6.07 Å². The number of anilines is 1. The first-order chi connectivity index (χ1) is 16.4. The van der Waals surface area contributed by atoms with E-state index in [2.05, 4.69) is 20.9 Å². The van der Waals surface area contributed by atoms with Gasteiger partial charge < -0.3 is 9.64 Å². The number of hydrogen-bond acceptors (Lipinski definition) is 5. The SMILES string of the molecule is N#Cc1ccc(N2C[C@@H]3CCN(Cc4cccnc4)C[C@]3(COCC3CC3)C2)cc1C(F)(F)F. The van der Waals surface area contributed by atoms with Crippen LogP contribution in [-0.2, 0) is 17.5 Å². The fourth-order valence-electron chi connectivity index (χ4n) is 5.54. The fraction of sp³-hybridized carbons (Fsp3) is 0.538. The van der Waals surface area contributed by atoms with Gasteiger partial charge in [0.25, 0.3) is 0 Å². The van der Waals surface area contributed by atoms with Gasteiger partial charge >= 0.3 is 6.18 Å². The van der Waals surface area contributed by atoms with E-state index in [-0.39, 0.29) is 11.0 Å². The molecule has 180 valence electrons. The molecule has 34 heavy (non-hydrogen) atoms. The molecular formula is C26H29F3N4O. The first-order valence-electron chi connectivity index (χ1n) is 11.9. The molecule has 8 heteroatoms. The molecule has 2 aromatic rings. The summed E-state index contributed by atoms with van der Waals surface area (Å²) in [6.45, 7) is 5.34. The zero-order chi connectivity index (χ0) is 23.8. The molecule has 3 fully saturated rings. The van der Waals surface area contributed by atoms with Gasteiger partial charge in [-0.1, -0.05) is 6.07 Å². The van der Waals surface area contributed by atoms with Gasteiger partial charge in [-0.05, 0) is 67.5 Å². The molecule has 1 aromatic carbocycles. The summed E-state index contributed by atoms with van der Waals surface area (Å²) in [5, 5.41) is 9.15. The molecule has 2 saturated heterocycles. The Kier molecular flexibility index (Phi) is 6.26. The Morgan fingerprint density at radius 3 is 2.74 bits per heavy atom. The van der Waals surface area contributed by atoms with Crippen LogP contribution in [0.5, 0.6) is 0 Å². The third-order valence-electron chi connectivity index (χ3n) is 7.51. The third kappa shape index (κ3) is 4.91. The van der Waals surface area contributed by atoms with Gasteiger partial charge in [-0.25, -0.2) is 0 Å². The second kappa shape index (κ2) is 9.20. The maximum absolute atomic E-state index is 13.6. The summed E-state index contributed by atoms with van der Waals surface area (Å²) in [4.78, 5) is 8.72. The van der Waals surface area contributed by atoms with Gasteiger partial charge in [-0.3, -0.25) is 9.88 Å². The van der Waals surface area contributed by atoms with Crippen molar-refractivity contribution in [1.29, 1.82) is 5.26 Å². The number of fused-ring (bicyclic) bond motifs is 1. The van der Waals surface area contributed by atoms with Crippen molar-refractivity contribution >= 4 is 5.69 Å². The van der Waals surface area contributed by atoms with E-state index in [4.69, 9.17) is 10.00 Å². The summed E-state index contributed by atoms with van der Waals surface area (Å²) < 4.78 is 46.9. The molecule has 3 aliphatic rings. The lowest BCUT2D eigenvalue weighted by atomic mass is 9.74. The molecule has 0 unspecified atom stereocenters. The molecule has 1 saturated carbocycles. The summed E-state index contributed by atoms with van der Waals surface area (Å²) in [6.07, 6.45) is 2.52. The number of hydrogen-bond donors (Lipinski definition) is 0. The Morgan fingerprint density at radius 1 is 1.18 bits per heavy atom. The van der Waals surface area contributed by atoms with E-state index in [1.807, 2.05) is 12.3 Å². The lowest BCUT2D eigenvalue weighted by Gasteiger charge is -2.44. The van der Waals surface area contributed by atoms with Gasteiger partial charge in [0.05, 0.1) is 23.8 Å². The van der Waals surface area contributed by atoms with Crippen molar-refractivity contribution < 1.29 is 17.9 Å². The van der Waals surface area contributed by atoms with Crippen molar-refractivity contribution in [1.82, 2.24) is 9.88 Å². The molecule has 0 N–H and O–H groups in total. The van der Waals surface area contributed by atoms with E-state index in [0.717, 1.165) is 44.3 Å². The molecule has 0 spiro atoms. The van der Waals surface area contributed by atoms with Crippen molar-refractivity contribution in [3.63, 3.8) is 0 Å². The predicted molar refractivity (Wildman–Crippen MR) is 122 cm³/mol. The summed E-state index contributed by atoms with van der Waals surface area (Å²) in [7, 11) is 0. The number of rotatable bonds is 7. The number of piperidine rings is 1. The number of halogens is 3. The Labute approximate surface area is 198 Å². The summed E-state index contributed by atoms with van der Waals surface area (Å²) in [5.41, 5.74) is 0.354. The van der Waals surface area contributed by atoms with Gasteiger partial charge in [0.15, 0.2) is 0 Å². The van der Waals surface area contributed by atoms with Crippen LogP contribution < -0.4 is 4.90 Å². The Balaban J connectivity index is 1.38. The van der Waals surface area contributed by atoms with Gasteiger partial charge in [-0.2, -0.15) is 18.4 Å². The van der Waals surface area contributed by atoms with Crippen LogP contribution in [0, 0.1) is 28.6 Å². The smallest absolute Gasteiger partial charge is 0.380 e. The number of nitriles is 1. The molecular weight excluding hydrogens is 441 g/mol. The molecule has 2 atom stereocenters. The maximum atomic E-state index is 13.6. The minimum absolute atomic E-state index is 0.137. The van der Waals surface area contributed by atoms with Crippen LogP contribution in [-0.4, -0.2) is 49.3 Å². The van der Waals surface area contributed by atoms with Crippen LogP contribution in [0.15, 0.2) is 42.7 Å². The Hall–Kier alpha value is -2.63. The Bertz CT molecular complexity index is 1050. The number of nitrogens with zero attached hydrogens (tertiary/aromatic N) is 4. The zero-order valence-corrected chi connectivity index (χ0v) is 19.1. The van der Waals surface area contributed by atoms with Crippen molar-refractivity contribution in [2.24, 2.45) is 17.3 Å². The van der Waals surface area contributed by atoms with E-state index in [1.165, 1.54) is 18.9 Å². The highest BCUT2D eigenvalue weighted by atomic mass is 19.4. The summed E-state index contributed by atoms with van der Waals surface area (Å²) in [5.74, 6) is 1.01. The van der Waals surface area contributed by atoms with Crippen molar-refractivity contribution in [3.05, 3.63) is 59.4 Å². The quantitative estimate of drug-likeness (QED) is 0.586. The minimum atomic E-state index is -4.56. The number of benzene rings is 1. The third-order valence-corrected chi connectivity index (χ3v) is 7.51. The van der Waals surface area contributed by atoms with Crippen LogP contribution in [0.3, 0.4) is 0 Å². The number of pyridine rings is 1.